The quantitative estimate of drug-likeness (QED) is 0.217. The lowest BCUT2D eigenvalue weighted by Gasteiger charge is -2.07. The zero-order chi connectivity index (χ0) is 17.7. The molecular formula is C19H34O5. The van der Waals surface area contributed by atoms with Crippen LogP contribution >= 0.6 is 0 Å². The Bertz CT molecular complexity index is 311. The first-order valence-corrected chi connectivity index (χ1v) is 9.13. The van der Waals surface area contributed by atoms with Gasteiger partial charge in [-0.1, -0.05) is 51.4 Å². The van der Waals surface area contributed by atoms with Gasteiger partial charge < -0.3 is 18.9 Å². The van der Waals surface area contributed by atoms with Gasteiger partial charge in [0.2, 0.25) is 0 Å². The molecule has 0 aliphatic carbocycles. The number of carbonyl (C=O) groups excluding carboxylic acids is 1. The maximum atomic E-state index is 11.5. The maximum absolute atomic E-state index is 11.5. The molecule has 0 heterocycles. The van der Waals surface area contributed by atoms with Gasteiger partial charge in [0.05, 0.1) is 33.0 Å². The minimum absolute atomic E-state index is 0.130. The highest BCUT2D eigenvalue weighted by atomic mass is 16.6. The van der Waals surface area contributed by atoms with E-state index >= 15 is 0 Å². The molecule has 0 unspecified atom stereocenters. The third kappa shape index (κ3) is 19.0. The van der Waals surface area contributed by atoms with E-state index in [1.165, 1.54) is 32.1 Å². The topological polar surface area (TPSA) is 54.0 Å². The summed E-state index contributed by atoms with van der Waals surface area (Å²) in [6, 6.07) is 0. The molecule has 0 saturated heterocycles. The van der Waals surface area contributed by atoms with Gasteiger partial charge in [-0.05, 0) is 6.42 Å². The number of esters is 1. The first-order valence-electron chi connectivity index (χ1n) is 9.13. The fourth-order valence-electron chi connectivity index (χ4n) is 2.08. The summed E-state index contributed by atoms with van der Waals surface area (Å²) in [5, 5.41) is 0. The number of carbonyl (C=O) groups is 1. The van der Waals surface area contributed by atoms with Crippen LogP contribution < -0.4 is 0 Å². The standard InChI is InChI=1S/C19H34O5/c1-3-5-6-7-8-9-10-11-19(20)24-18-17-23-16-15-22-14-13-21-12-4-2/h2H,3,5-18H2,1H3. The summed E-state index contributed by atoms with van der Waals surface area (Å²) in [6.45, 7) is 5.18. The molecule has 0 amide bonds. The first-order chi connectivity index (χ1) is 11.8. The molecule has 0 aromatic carbocycles. The highest BCUT2D eigenvalue weighted by molar-refractivity contribution is 5.69. The van der Waals surface area contributed by atoms with Crippen LogP contribution in [0.2, 0.25) is 0 Å². The van der Waals surface area contributed by atoms with E-state index in [4.69, 9.17) is 25.4 Å². The van der Waals surface area contributed by atoms with Gasteiger partial charge >= 0.3 is 5.97 Å². The minimum atomic E-state index is -0.130. The van der Waals surface area contributed by atoms with Gasteiger partial charge in [0.15, 0.2) is 0 Å². The second kappa shape index (κ2) is 20.0. The number of terminal acetylenes is 1. The van der Waals surface area contributed by atoms with E-state index in [9.17, 15) is 4.79 Å². The summed E-state index contributed by atoms with van der Waals surface area (Å²) >= 11 is 0. The molecule has 0 radical (unpaired) electrons. The van der Waals surface area contributed by atoms with Crippen LogP contribution in [-0.2, 0) is 23.7 Å². The Balaban J connectivity index is 3.14. The van der Waals surface area contributed by atoms with Crippen molar-refractivity contribution in [1.29, 1.82) is 0 Å². The largest absolute Gasteiger partial charge is 0.463 e. The van der Waals surface area contributed by atoms with Crippen LogP contribution in [0.15, 0.2) is 0 Å². The second-order valence-electron chi connectivity index (χ2n) is 5.57. The Morgan fingerprint density at radius 1 is 0.792 bits per heavy atom. The zero-order valence-corrected chi connectivity index (χ0v) is 15.2. The number of hydrogen-bond acceptors (Lipinski definition) is 5. The highest BCUT2D eigenvalue weighted by Gasteiger charge is 2.02. The van der Waals surface area contributed by atoms with Crippen LogP contribution in [0.1, 0.15) is 58.3 Å². The Morgan fingerprint density at radius 2 is 1.33 bits per heavy atom. The highest BCUT2D eigenvalue weighted by Crippen LogP contribution is 2.08. The van der Waals surface area contributed by atoms with E-state index in [0.29, 0.717) is 52.7 Å². The van der Waals surface area contributed by atoms with Crippen LogP contribution in [0.5, 0.6) is 0 Å². The van der Waals surface area contributed by atoms with E-state index in [0.717, 1.165) is 12.8 Å². The fourth-order valence-corrected chi connectivity index (χ4v) is 2.08. The monoisotopic (exact) mass is 342 g/mol. The normalized spacial score (nSPS) is 10.5. The molecular weight excluding hydrogens is 308 g/mol. The molecule has 0 bridgehead atoms. The van der Waals surface area contributed by atoms with Crippen molar-refractivity contribution in [2.24, 2.45) is 0 Å². The van der Waals surface area contributed by atoms with Crippen LogP contribution in [0.3, 0.4) is 0 Å². The van der Waals surface area contributed by atoms with E-state index in [2.05, 4.69) is 12.8 Å². The van der Waals surface area contributed by atoms with Crippen molar-refractivity contribution in [3.8, 4) is 12.3 Å². The smallest absolute Gasteiger partial charge is 0.305 e. The van der Waals surface area contributed by atoms with Gasteiger partial charge in [0.25, 0.3) is 0 Å². The van der Waals surface area contributed by atoms with Crippen LogP contribution in [0.4, 0.5) is 0 Å². The molecule has 5 nitrogen and oxygen atoms in total. The van der Waals surface area contributed by atoms with E-state index in [1.807, 2.05) is 0 Å². The Labute approximate surface area is 147 Å². The molecule has 0 fully saturated rings. The summed E-state index contributed by atoms with van der Waals surface area (Å²) < 4.78 is 20.8. The summed E-state index contributed by atoms with van der Waals surface area (Å²) in [5.41, 5.74) is 0. The molecule has 24 heavy (non-hydrogen) atoms. The van der Waals surface area contributed by atoms with Crippen molar-refractivity contribution in [3.05, 3.63) is 0 Å². The molecule has 0 aromatic rings. The molecule has 0 aliphatic heterocycles. The van der Waals surface area contributed by atoms with E-state index < -0.39 is 0 Å². The first kappa shape index (κ1) is 22.9. The number of hydrogen-bond donors (Lipinski definition) is 0. The lowest BCUT2D eigenvalue weighted by atomic mass is 10.1. The van der Waals surface area contributed by atoms with Crippen molar-refractivity contribution in [2.75, 3.05) is 46.2 Å². The number of unbranched alkanes of at least 4 members (excludes halogenated alkanes) is 6. The molecule has 140 valence electrons. The molecule has 0 spiro atoms. The minimum Gasteiger partial charge on any atom is -0.463 e. The van der Waals surface area contributed by atoms with Crippen molar-refractivity contribution < 1.29 is 23.7 Å². The summed E-state index contributed by atoms with van der Waals surface area (Å²) in [7, 11) is 0. The Morgan fingerprint density at radius 3 is 1.96 bits per heavy atom. The van der Waals surface area contributed by atoms with Crippen molar-refractivity contribution in [3.63, 3.8) is 0 Å². The lowest BCUT2D eigenvalue weighted by Crippen LogP contribution is -2.13. The van der Waals surface area contributed by atoms with Gasteiger partial charge in [-0.25, -0.2) is 0 Å². The molecule has 0 saturated carbocycles. The zero-order valence-electron chi connectivity index (χ0n) is 15.2. The maximum Gasteiger partial charge on any atom is 0.305 e. The summed E-state index contributed by atoms with van der Waals surface area (Å²) in [6.07, 6.45) is 13.9. The molecule has 5 heteroatoms. The summed E-state index contributed by atoms with van der Waals surface area (Å²) in [4.78, 5) is 11.5. The van der Waals surface area contributed by atoms with Crippen molar-refractivity contribution >= 4 is 5.97 Å². The van der Waals surface area contributed by atoms with E-state index in [1.54, 1.807) is 0 Å². The third-order valence-corrected chi connectivity index (χ3v) is 3.40. The van der Waals surface area contributed by atoms with Gasteiger partial charge in [-0.3, -0.25) is 4.79 Å². The lowest BCUT2D eigenvalue weighted by molar-refractivity contribution is -0.145. The fraction of sp³-hybridized carbons (Fsp3) is 0.842. The van der Waals surface area contributed by atoms with Gasteiger partial charge in [-0.15, -0.1) is 6.42 Å². The number of ether oxygens (including phenoxy) is 4. The second-order valence-corrected chi connectivity index (χ2v) is 5.57. The van der Waals surface area contributed by atoms with Crippen molar-refractivity contribution in [1.82, 2.24) is 0 Å². The third-order valence-electron chi connectivity index (χ3n) is 3.40. The SMILES string of the molecule is C#CCOCCOCCOCCOC(=O)CCCCCCCCC. The molecule has 0 N–H and O–H groups in total. The number of rotatable bonds is 18. The van der Waals surface area contributed by atoms with Crippen molar-refractivity contribution in [2.45, 2.75) is 58.3 Å². The average Bonchev–Trinajstić information content (AvgIpc) is 2.59. The van der Waals surface area contributed by atoms with Gasteiger partial charge in [0.1, 0.15) is 13.2 Å². The van der Waals surface area contributed by atoms with Crippen LogP contribution in [0, 0.1) is 12.3 Å². The van der Waals surface area contributed by atoms with E-state index in [-0.39, 0.29) is 5.97 Å². The Hall–Kier alpha value is -1.09. The van der Waals surface area contributed by atoms with Gasteiger partial charge in [0, 0.05) is 6.42 Å². The molecule has 0 atom stereocenters. The molecule has 0 aromatic heterocycles. The van der Waals surface area contributed by atoms with Crippen LogP contribution in [0.25, 0.3) is 0 Å². The summed E-state index contributed by atoms with van der Waals surface area (Å²) in [5.74, 6) is 2.25. The predicted octanol–water partition coefficient (Wildman–Crippen LogP) is 3.35. The molecule has 0 rings (SSSR count). The van der Waals surface area contributed by atoms with Crippen LogP contribution in [-0.4, -0.2) is 52.2 Å². The van der Waals surface area contributed by atoms with Gasteiger partial charge in [-0.2, -0.15) is 0 Å². The molecule has 0 aliphatic rings. The Kier molecular flexibility index (Phi) is 19.0. The predicted molar refractivity (Wildman–Crippen MR) is 94.9 cm³/mol. The average molecular weight is 342 g/mol.